The van der Waals surface area contributed by atoms with Gasteiger partial charge in [0.1, 0.15) is 0 Å². The van der Waals surface area contributed by atoms with Gasteiger partial charge in [-0.05, 0) is 0 Å². The number of pyridine rings is 1. The van der Waals surface area contributed by atoms with Crippen molar-refractivity contribution in [1.29, 1.82) is 0 Å². The lowest BCUT2D eigenvalue weighted by Crippen LogP contribution is -1.95. The fourth-order valence-electron chi connectivity index (χ4n) is 0.719. The fourth-order valence-corrected chi connectivity index (χ4v) is 0.719. The Balaban J connectivity index is 3.10. The minimum atomic E-state index is -0.551. The third kappa shape index (κ3) is 1.46. The molecular weight excluding hydrogens is 149 g/mol. The highest BCUT2D eigenvalue weighted by molar-refractivity contribution is 5.25. The summed E-state index contributed by atoms with van der Waals surface area (Å²) < 4.78 is 17.6. The van der Waals surface area contributed by atoms with Crippen molar-refractivity contribution in [2.24, 2.45) is 0 Å². The number of methoxy groups -OCH3 is 1. The number of rotatable bonds is 2. The van der Waals surface area contributed by atoms with Gasteiger partial charge in [0, 0.05) is 11.8 Å². The maximum atomic E-state index is 12.9. The van der Waals surface area contributed by atoms with E-state index < -0.39 is 5.82 Å². The lowest BCUT2D eigenvalue weighted by molar-refractivity contribution is 0.271. The summed E-state index contributed by atoms with van der Waals surface area (Å²) in [5.41, 5.74) is 0.143. The van der Waals surface area contributed by atoms with Crippen molar-refractivity contribution in [3.63, 3.8) is 0 Å². The minimum absolute atomic E-state index is 0.0524. The molecular formula is C7H8FNO2. The summed E-state index contributed by atoms with van der Waals surface area (Å²) >= 11 is 0. The molecule has 0 spiro atoms. The van der Waals surface area contributed by atoms with E-state index in [9.17, 15) is 4.39 Å². The Kier molecular flexibility index (Phi) is 2.38. The average Bonchev–Trinajstić information content (AvgIpc) is 2.05. The van der Waals surface area contributed by atoms with Gasteiger partial charge in [-0.1, -0.05) is 0 Å². The molecule has 0 aromatic carbocycles. The molecule has 3 nitrogen and oxygen atoms in total. The molecule has 1 aromatic rings. The highest BCUT2D eigenvalue weighted by Gasteiger charge is 2.06. The first-order valence-corrected chi connectivity index (χ1v) is 3.06. The van der Waals surface area contributed by atoms with Crippen molar-refractivity contribution in [2.45, 2.75) is 6.61 Å². The molecule has 4 heteroatoms. The molecule has 0 unspecified atom stereocenters. The van der Waals surface area contributed by atoms with Crippen molar-refractivity contribution in [1.82, 2.24) is 4.98 Å². The molecule has 0 saturated carbocycles. The highest BCUT2D eigenvalue weighted by Crippen LogP contribution is 2.17. The van der Waals surface area contributed by atoms with Crippen LogP contribution in [-0.2, 0) is 6.61 Å². The zero-order valence-corrected chi connectivity index (χ0v) is 6.04. The molecule has 1 heterocycles. The summed E-state index contributed by atoms with van der Waals surface area (Å²) in [5.74, 6) is -0.499. The zero-order valence-electron chi connectivity index (χ0n) is 6.04. The van der Waals surface area contributed by atoms with E-state index in [2.05, 4.69) is 9.72 Å². The summed E-state index contributed by atoms with van der Waals surface area (Å²) in [4.78, 5) is 3.66. The number of halogens is 1. The van der Waals surface area contributed by atoms with Gasteiger partial charge in [-0.25, -0.2) is 4.39 Å². The van der Waals surface area contributed by atoms with E-state index in [1.807, 2.05) is 0 Å². The number of aliphatic hydroxyl groups is 1. The predicted molar refractivity (Wildman–Crippen MR) is 36.7 cm³/mol. The first kappa shape index (κ1) is 7.94. The maximum absolute atomic E-state index is 12.9. The Morgan fingerprint density at radius 2 is 2.36 bits per heavy atom. The van der Waals surface area contributed by atoms with Crippen LogP contribution in [0.4, 0.5) is 4.39 Å². The predicted octanol–water partition coefficient (Wildman–Crippen LogP) is 0.722. The Labute approximate surface area is 63.5 Å². The lowest BCUT2D eigenvalue weighted by atomic mass is 10.3. The maximum Gasteiger partial charge on any atom is 0.173 e. The van der Waals surface area contributed by atoms with Crippen LogP contribution in [0.25, 0.3) is 0 Å². The monoisotopic (exact) mass is 157 g/mol. The van der Waals surface area contributed by atoms with Crippen molar-refractivity contribution in [3.05, 3.63) is 23.8 Å². The van der Waals surface area contributed by atoms with Crippen LogP contribution < -0.4 is 4.74 Å². The molecule has 1 rings (SSSR count). The van der Waals surface area contributed by atoms with E-state index >= 15 is 0 Å². The van der Waals surface area contributed by atoms with Crippen molar-refractivity contribution in [3.8, 4) is 5.75 Å². The van der Waals surface area contributed by atoms with Crippen molar-refractivity contribution >= 4 is 0 Å². The fraction of sp³-hybridized carbons (Fsp3) is 0.286. The Morgan fingerprint density at radius 1 is 1.64 bits per heavy atom. The Bertz CT molecular complexity index is 230. The Morgan fingerprint density at radius 3 is 2.91 bits per heavy atom. The molecule has 1 N–H and O–H groups in total. The van der Waals surface area contributed by atoms with Gasteiger partial charge in [-0.2, -0.15) is 0 Å². The SMILES string of the molecule is COc1cncc(CO)c1F. The molecule has 0 saturated heterocycles. The first-order valence-electron chi connectivity index (χ1n) is 3.06. The third-order valence-electron chi connectivity index (χ3n) is 1.31. The van der Waals surface area contributed by atoms with Gasteiger partial charge in [0.25, 0.3) is 0 Å². The highest BCUT2D eigenvalue weighted by atomic mass is 19.1. The molecule has 0 radical (unpaired) electrons. The van der Waals surface area contributed by atoms with Gasteiger partial charge < -0.3 is 9.84 Å². The topological polar surface area (TPSA) is 42.4 Å². The van der Waals surface area contributed by atoms with E-state index in [4.69, 9.17) is 5.11 Å². The molecule has 11 heavy (non-hydrogen) atoms. The second-order valence-electron chi connectivity index (χ2n) is 1.97. The van der Waals surface area contributed by atoms with Crippen LogP contribution in [0.5, 0.6) is 5.75 Å². The number of ether oxygens (including phenoxy) is 1. The summed E-state index contributed by atoms with van der Waals surface area (Å²) in [5, 5.41) is 8.60. The van der Waals surface area contributed by atoms with Gasteiger partial charge in [0.2, 0.25) is 0 Å². The number of nitrogens with zero attached hydrogens (tertiary/aromatic N) is 1. The van der Waals surface area contributed by atoms with Gasteiger partial charge >= 0.3 is 0 Å². The molecule has 60 valence electrons. The van der Waals surface area contributed by atoms with Gasteiger partial charge in [-0.3, -0.25) is 4.98 Å². The number of aliphatic hydroxyl groups excluding tert-OH is 1. The molecule has 0 aliphatic carbocycles. The van der Waals surface area contributed by atoms with Crippen LogP contribution in [0.2, 0.25) is 0 Å². The number of hydrogen-bond acceptors (Lipinski definition) is 3. The third-order valence-corrected chi connectivity index (χ3v) is 1.31. The summed E-state index contributed by atoms with van der Waals surface area (Å²) in [6.45, 7) is -0.365. The molecule has 0 aliphatic rings. The largest absolute Gasteiger partial charge is 0.492 e. The first-order chi connectivity index (χ1) is 5.29. The van der Waals surface area contributed by atoms with Crippen LogP contribution in [0.15, 0.2) is 12.4 Å². The quantitative estimate of drug-likeness (QED) is 0.687. The summed E-state index contributed by atoms with van der Waals surface area (Å²) in [7, 11) is 1.35. The van der Waals surface area contributed by atoms with Crippen LogP contribution in [0.3, 0.4) is 0 Å². The molecule has 1 aromatic heterocycles. The van der Waals surface area contributed by atoms with Crippen molar-refractivity contribution in [2.75, 3.05) is 7.11 Å². The van der Waals surface area contributed by atoms with Crippen molar-refractivity contribution < 1.29 is 14.2 Å². The van der Waals surface area contributed by atoms with Crippen LogP contribution in [0.1, 0.15) is 5.56 Å². The van der Waals surface area contributed by atoms with Gasteiger partial charge in [0.05, 0.1) is 19.9 Å². The normalized spacial score (nSPS) is 9.73. The van der Waals surface area contributed by atoms with Crippen LogP contribution in [-0.4, -0.2) is 17.2 Å². The van der Waals surface area contributed by atoms with E-state index in [-0.39, 0.29) is 17.9 Å². The second kappa shape index (κ2) is 3.30. The molecule has 0 bridgehead atoms. The second-order valence-corrected chi connectivity index (χ2v) is 1.97. The van der Waals surface area contributed by atoms with Crippen LogP contribution in [0, 0.1) is 5.82 Å². The van der Waals surface area contributed by atoms with E-state index in [0.717, 1.165) is 0 Å². The van der Waals surface area contributed by atoms with E-state index in [0.29, 0.717) is 0 Å². The zero-order chi connectivity index (χ0) is 8.27. The number of hydrogen-bond donors (Lipinski definition) is 1. The summed E-state index contributed by atoms with van der Waals surface area (Å²) in [6.07, 6.45) is 2.52. The smallest absolute Gasteiger partial charge is 0.173 e. The summed E-state index contributed by atoms with van der Waals surface area (Å²) in [6, 6.07) is 0. The molecule has 0 fully saturated rings. The average molecular weight is 157 g/mol. The minimum Gasteiger partial charge on any atom is -0.492 e. The van der Waals surface area contributed by atoms with Crippen LogP contribution >= 0.6 is 0 Å². The standard InChI is InChI=1S/C7H8FNO2/c1-11-6-3-9-2-5(4-10)7(6)8/h2-3,10H,4H2,1H3. The van der Waals surface area contributed by atoms with Gasteiger partial charge in [-0.15, -0.1) is 0 Å². The van der Waals surface area contributed by atoms with E-state index in [1.54, 1.807) is 0 Å². The Hall–Kier alpha value is -1.16. The van der Waals surface area contributed by atoms with Gasteiger partial charge in [0.15, 0.2) is 11.6 Å². The molecule has 0 aliphatic heterocycles. The van der Waals surface area contributed by atoms with E-state index in [1.165, 1.54) is 19.5 Å². The molecule has 0 amide bonds. The lowest BCUT2D eigenvalue weighted by Gasteiger charge is -2.02. The molecule has 0 atom stereocenters. The number of aromatic nitrogens is 1.